The van der Waals surface area contributed by atoms with E-state index in [1.54, 1.807) is 0 Å². The van der Waals surface area contributed by atoms with Crippen LogP contribution in [0.15, 0.2) is 0 Å². The molecule has 18 heavy (non-hydrogen) atoms. The third-order valence-corrected chi connectivity index (χ3v) is 3.69. The Hall–Kier alpha value is -0.650. The van der Waals surface area contributed by atoms with Crippen molar-refractivity contribution in [1.82, 2.24) is 9.80 Å². The highest BCUT2D eigenvalue weighted by atomic mass is 16.5. The highest BCUT2D eigenvalue weighted by molar-refractivity contribution is 5.78. The molecule has 2 saturated heterocycles. The van der Waals surface area contributed by atoms with Crippen molar-refractivity contribution in [3.63, 3.8) is 0 Å². The zero-order chi connectivity index (χ0) is 13.1. The fraction of sp³-hybridized carbons (Fsp3) is 0.923. The molecule has 5 heteroatoms. The second-order valence-electron chi connectivity index (χ2n) is 5.56. The lowest BCUT2D eigenvalue weighted by Crippen LogP contribution is -2.51. The van der Waals surface area contributed by atoms with Gasteiger partial charge in [0.15, 0.2) is 0 Å². The second-order valence-corrected chi connectivity index (χ2v) is 5.56. The monoisotopic (exact) mass is 256 g/mol. The van der Waals surface area contributed by atoms with Gasteiger partial charge in [0.1, 0.15) is 0 Å². The topological polar surface area (TPSA) is 53.0 Å². The highest BCUT2D eigenvalue weighted by Gasteiger charge is 2.27. The first kappa shape index (κ1) is 13.8. The van der Waals surface area contributed by atoms with Crippen LogP contribution in [0.2, 0.25) is 0 Å². The molecule has 0 aromatic heterocycles. The number of hydrogen-bond acceptors (Lipinski definition) is 4. The lowest BCUT2D eigenvalue weighted by atomic mass is 10.1. The first-order valence-corrected chi connectivity index (χ1v) is 6.88. The molecule has 104 valence electrons. The summed E-state index contributed by atoms with van der Waals surface area (Å²) < 4.78 is 5.63. The maximum absolute atomic E-state index is 12.2. The predicted octanol–water partition coefficient (Wildman–Crippen LogP) is 0.0789. The number of nitrogens with zero attached hydrogens (tertiary/aromatic N) is 2. The lowest BCUT2D eigenvalue weighted by Gasteiger charge is -2.37. The van der Waals surface area contributed by atoms with E-state index >= 15 is 0 Å². The van der Waals surface area contributed by atoms with Gasteiger partial charge in [0.25, 0.3) is 0 Å². The van der Waals surface area contributed by atoms with Crippen molar-refractivity contribution in [1.29, 1.82) is 0 Å². The summed E-state index contributed by atoms with van der Waals surface area (Å²) in [5.74, 6) is 0.188. The van der Waals surface area contributed by atoms with Crippen molar-refractivity contribution in [2.45, 2.75) is 45.0 Å². The molecule has 1 N–H and O–H groups in total. The van der Waals surface area contributed by atoms with Crippen LogP contribution in [-0.2, 0) is 9.53 Å². The summed E-state index contributed by atoms with van der Waals surface area (Å²) in [6.07, 6.45) is 1.63. The van der Waals surface area contributed by atoms with Crippen molar-refractivity contribution in [2.24, 2.45) is 0 Å². The van der Waals surface area contributed by atoms with E-state index in [0.29, 0.717) is 19.6 Å². The lowest BCUT2D eigenvalue weighted by molar-refractivity contribution is -0.144. The minimum atomic E-state index is -0.181. The van der Waals surface area contributed by atoms with Gasteiger partial charge in [0.05, 0.1) is 24.9 Å². The third-order valence-electron chi connectivity index (χ3n) is 3.69. The summed E-state index contributed by atoms with van der Waals surface area (Å²) >= 11 is 0. The van der Waals surface area contributed by atoms with Crippen LogP contribution in [0.1, 0.15) is 26.7 Å². The van der Waals surface area contributed by atoms with Crippen LogP contribution in [-0.4, -0.2) is 71.8 Å². The van der Waals surface area contributed by atoms with E-state index in [1.165, 1.54) is 0 Å². The van der Waals surface area contributed by atoms with Crippen LogP contribution < -0.4 is 0 Å². The number of likely N-dealkylation sites (tertiary alicyclic amines) is 1. The van der Waals surface area contributed by atoms with Crippen molar-refractivity contribution in [2.75, 3.05) is 32.7 Å². The molecule has 0 bridgehead atoms. The summed E-state index contributed by atoms with van der Waals surface area (Å²) in [5.41, 5.74) is 0. The number of carbonyl (C=O) groups excluding carboxylic acids is 1. The second kappa shape index (κ2) is 5.99. The summed E-state index contributed by atoms with van der Waals surface area (Å²) in [4.78, 5) is 16.3. The zero-order valence-corrected chi connectivity index (χ0v) is 11.3. The molecule has 2 rings (SSSR count). The Morgan fingerprint density at radius 2 is 1.78 bits per heavy atom. The van der Waals surface area contributed by atoms with Gasteiger partial charge in [-0.2, -0.15) is 0 Å². The average Bonchev–Trinajstić information content (AvgIpc) is 2.31. The predicted molar refractivity (Wildman–Crippen MR) is 68.3 cm³/mol. The first-order valence-electron chi connectivity index (χ1n) is 6.88. The van der Waals surface area contributed by atoms with Gasteiger partial charge >= 0.3 is 0 Å². The van der Waals surface area contributed by atoms with Gasteiger partial charge < -0.3 is 14.7 Å². The van der Waals surface area contributed by atoms with E-state index < -0.39 is 0 Å². The number of morpholine rings is 1. The van der Waals surface area contributed by atoms with Crippen LogP contribution in [0.5, 0.6) is 0 Å². The number of carbonyl (C=O) groups is 1. The molecule has 1 amide bonds. The minimum Gasteiger partial charge on any atom is -0.393 e. The van der Waals surface area contributed by atoms with E-state index in [4.69, 9.17) is 4.74 Å². The van der Waals surface area contributed by atoms with Crippen molar-refractivity contribution < 1.29 is 14.6 Å². The molecule has 0 radical (unpaired) electrons. The number of rotatable bonds is 2. The Labute approximate surface area is 109 Å². The van der Waals surface area contributed by atoms with Crippen LogP contribution >= 0.6 is 0 Å². The Bertz CT molecular complexity index is 280. The zero-order valence-electron chi connectivity index (χ0n) is 11.3. The molecular formula is C13H24N2O3. The molecule has 5 nitrogen and oxygen atoms in total. The van der Waals surface area contributed by atoms with Crippen molar-refractivity contribution >= 4 is 5.91 Å². The maximum atomic E-state index is 12.2. The standard InChI is InChI=1S/C13H24N2O3/c1-10-7-15(8-11(2)18-10)13(17)9-14-5-3-12(16)4-6-14/h10-12,16H,3-9H2,1-2H3. The molecule has 2 atom stereocenters. The summed E-state index contributed by atoms with van der Waals surface area (Å²) in [6.45, 7) is 7.52. The molecule has 2 fully saturated rings. The molecule has 0 saturated carbocycles. The Balaban J connectivity index is 1.80. The van der Waals surface area contributed by atoms with Crippen LogP contribution in [0.25, 0.3) is 0 Å². The molecular weight excluding hydrogens is 232 g/mol. The van der Waals surface area contributed by atoms with Gasteiger partial charge in [-0.05, 0) is 26.7 Å². The molecule has 2 heterocycles. The van der Waals surface area contributed by atoms with Crippen molar-refractivity contribution in [3.05, 3.63) is 0 Å². The molecule has 0 aromatic carbocycles. The van der Waals surface area contributed by atoms with E-state index in [-0.39, 0.29) is 24.2 Å². The van der Waals surface area contributed by atoms with Gasteiger partial charge in [-0.15, -0.1) is 0 Å². The molecule has 0 aromatic rings. The van der Waals surface area contributed by atoms with Gasteiger partial charge in [-0.3, -0.25) is 9.69 Å². The average molecular weight is 256 g/mol. The molecule has 2 aliphatic heterocycles. The van der Waals surface area contributed by atoms with E-state index in [0.717, 1.165) is 25.9 Å². The Morgan fingerprint density at radius 1 is 1.22 bits per heavy atom. The molecule has 0 aliphatic carbocycles. The summed E-state index contributed by atoms with van der Waals surface area (Å²) in [6, 6.07) is 0. The summed E-state index contributed by atoms with van der Waals surface area (Å²) in [7, 11) is 0. The highest BCUT2D eigenvalue weighted by Crippen LogP contribution is 2.13. The number of hydrogen-bond donors (Lipinski definition) is 1. The fourth-order valence-corrected chi connectivity index (χ4v) is 2.75. The minimum absolute atomic E-state index is 0.126. The quantitative estimate of drug-likeness (QED) is 0.760. The van der Waals surface area contributed by atoms with E-state index in [1.807, 2.05) is 18.7 Å². The first-order chi connectivity index (χ1) is 8.54. The van der Waals surface area contributed by atoms with Gasteiger partial charge in [-0.1, -0.05) is 0 Å². The van der Waals surface area contributed by atoms with Crippen molar-refractivity contribution in [3.8, 4) is 0 Å². The molecule has 2 aliphatic rings. The largest absolute Gasteiger partial charge is 0.393 e. The van der Waals surface area contributed by atoms with Gasteiger partial charge in [-0.25, -0.2) is 0 Å². The van der Waals surface area contributed by atoms with Crippen LogP contribution in [0.3, 0.4) is 0 Å². The number of ether oxygens (including phenoxy) is 1. The molecule has 0 spiro atoms. The smallest absolute Gasteiger partial charge is 0.236 e. The summed E-state index contributed by atoms with van der Waals surface area (Å²) in [5, 5.41) is 9.44. The third kappa shape index (κ3) is 3.67. The van der Waals surface area contributed by atoms with E-state index in [9.17, 15) is 9.90 Å². The SMILES string of the molecule is CC1CN(C(=O)CN2CCC(O)CC2)CC(C)O1. The fourth-order valence-electron chi connectivity index (χ4n) is 2.75. The van der Waals surface area contributed by atoms with Gasteiger partial charge in [0, 0.05) is 26.2 Å². The Morgan fingerprint density at radius 3 is 2.33 bits per heavy atom. The van der Waals surface area contributed by atoms with Crippen LogP contribution in [0, 0.1) is 0 Å². The molecule has 2 unspecified atom stereocenters. The normalized spacial score (nSPS) is 31.6. The maximum Gasteiger partial charge on any atom is 0.236 e. The number of piperidine rings is 1. The number of aliphatic hydroxyl groups excluding tert-OH is 1. The Kier molecular flexibility index (Phi) is 4.59. The van der Waals surface area contributed by atoms with Crippen LogP contribution in [0.4, 0.5) is 0 Å². The van der Waals surface area contributed by atoms with E-state index in [2.05, 4.69) is 4.90 Å². The van der Waals surface area contributed by atoms with Gasteiger partial charge in [0.2, 0.25) is 5.91 Å². The number of amides is 1. The number of aliphatic hydroxyl groups is 1.